The quantitative estimate of drug-likeness (QED) is 0.618. The second-order valence-electron chi connectivity index (χ2n) is 8.93. The highest BCUT2D eigenvalue weighted by Gasteiger charge is 2.34. The molecule has 2 atom stereocenters. The second kappa shape index (κ2) is 8.76. The molecule has 1 fully saturated rings. The number of hydrogen-bond acceptors (Lipinski definition) is 4. The Morgan fingerprint density at radius 2 is 1.88 bits per heavy atom. The number of carbonyl (C=O) groups excluding carboxylic acids is 1. The van der Waals surface area contributed by atoms with Gasteiger partial charge in [-0.2, -0.15) is 4.31 Å². The molecule has 0 spiro atoms. The summed E-state index contributed by atoms with van der Waals surface area (Å²) in [5.74, 6) is -0.452. The van der Waals surface area contributed by atoms with E-state index in [-0.39, 0.29) is 34.9 Å². The Balaban J connectivity index is 1.33. The summed E-state index contributed by atoms with van der Waals surface area (Å²) in [5.41, 5.74) is 2.81. The third-order valence-corrected chi connectivity index (χ3v) is 8.63. The first kappa shape index (κ1) is 21.9. The molecule has 2 aliphatic rings. The van der Waals surface area contributed by atoms with E-state index in [1.165, 1.54) is 27.6 Å². The Kier molecular flexibility index (Phi) is 5.80. The molecule has 2 heterocycles. The highest BCUT2D eigenvalue weighted by atomic mass is 32.2. The van der Waals surface area contributed by atoms with Crippen molar-refractivity contribution in [3.8, 4) is 0 Å². The average molecular weight is 466 g/mol. The number of aromatic nitrogens is 1. The fourth-order valence-corrected chi connectivity index (χ4v) is 6.57. The lowest BCUT2D eigenvalue weighted by molar-refractivity contribution is -0.127. The smallest absolute Gasteiger partial charge is 0.248 e. The molecule has 2 aromatic carbocycles. The third-order valence-electron chi connectivity index (χ3n) is 6.77. The van der Waals surface area contributed by atoms with Crippen molar-refractivity contribution < 1.29 is 13.2 Å². The number of pyridine rings is 1. The minimum absolute atomic E-state index is 0.0166. The van der Waals surface area contributed by atoms with Crippen LogP contribution < -0.4 is 10.9 Å². The fourth-order valence-electron chi connectivity index (χ4n) is 5.01. The summed E-state index contributed by atoms with van der Waals surface area (Å²) in [6.07, 6.45) is 4.26. The molecule has 8 heteroatoms. The first-order valence-electron chi connectivity index (χ1n) is 11.4. The average Bonchev–Trinajstić information content (AvgIpc) is 2.84. The molecular formula is C25H27N3O4S. The van der Waals surface area contributed by atoms with E-state index < -0.39 is 10.0 Å². The van der Waals surface area contributed by atoms with Crippen LogP contribution in [0.1, 0.15) is 42.9 Å². The molecule has 0 saturated carbocycles. The summed E-state index contributed by atoms with van der Waals surface area (Å²) < 4.78 is 28.1. The van der Waals surface area contributed by atoms with Gasteiger partial charge in [0.25, 0.3) is 0 Å². The molecule has 1 aliphatic heterocycles. The molecule has 0 bridgehead atoms. The normalized spacial score (nSPS) is 21.5. The number of sulfonamides is 1. The maximum absolute atomic E-state index is 13.3. The van der Waals surface area contributed by atoms with Crippen molar-refractivity contribution in [1.82, 2.24) is 14.6 Å². The molecule has 7 nitrogen and oxygen atoms in total. The number of nitrogens with one attached hydrogen (secondary N) is 2. The van der Waals surface area contributed by atoms with E-state index in [9.17, 15) is 18.0 Å². The van der Waals surface area contributed by atoms with Gasteiger partial charge in [0.1, 0.15) is 0 Å². The number of fused-ring (bicyclic) bond motifs is 2. The SMILES string of the molecule is O=C(N[C@@H]1CCCc2ccccc21)[C@@H]1CCCN(S(=O)(=O)c2ccc3[nH]c(=O)ccc3c2)C1. The summed E-state index contributed by atoms with van der Waals surface area (Å²) >= 11 is 0. The van der Waals surface area contributed by atoms with Gasteiger partial charge in [0, 0.05) is 24.7 Å². The number of carbonyl (C=O) groups is 1. The van der Waals surface area contributed by atoms with Gasteiger partial charge in [-0.15, -0.1) is 0 Å². The van der Waals surface area contributed by atoms with E-state index in [1.807, 2.05) is 12.1 Å². The number of nitrogens with zero attached hydrogens (tertiary/aromatic N) is 1. The predicted octanol–water partition coefficient (Wildman–Crippen LogP) is 3.12. The minimum Gasteiger partial charge on any atom is -0.349 e. The van der Waals surface area contributed by atoms with Crippen LogP contribution in [0.3, 0.4) is 0 Å². The van der Waals surface area contributed by atoms with Crippen molar-refractivity contribution in [1.29, 1.82) is 0 Å². The summed E-state index contributed by atoms with van der Waals surface area (Å²) in [6, 6.07) is 15.9. The highest BCUT2D eigenvalue weighted by Crippen LogP contribution is 2.31. The number of piperidine rings is 1. The lowest BCUT2D eigenvalue weighted by Gasteiger charge is -2.33. The van der Waals surface area contributed by atoms with Crippen LogP contribution in [-0.4, -0.2) is 36.7 Å². The lowest BCUT2D eigenvalue weighted by atomic mass is 9.87. The molecule has 1 amide bonds. The van der Waals surface area contributed by atoms with Crippen LogP contribution in [0.4, 0.5) is 0 Å². The van der Waals surface area contributed by atoms with Crippen molar-refractivity contribution in [3.63, 3.8) is 0 Å². The Hall–Kier alpha value is -2.97. The largest absolute Gasteiger partial charge is 0.349 e. The number of hydrogen-bond donors (Lipinski definition) is 2. The molecule has 0 radical (unpaired) electrons. The molecule has 1 saturated heterocycles. The van der Waals surface area contributed by atoms with Crippen molar-refractivity contribution in [3.05, 3.63) is 76.1 Å². The summed E-state index contributed by atoms with van der Waals surface area (Å²) in [4.78, 5) is 27.5. The van der Waals surface area contributed by atoms with Crippen LogP contribution >= 0.6 is 0 Å². The van der Waals surface area contributed by atoms with Gasteiger partial charge in [0.15, 0.2) is 0 Å². The van der Waals surface area contributed by atoms with E-state index in [1.54, 1.807) is 18.2 Å². The van der Waals surface area contributed by atoms with Crippen LogP contribution in [0, 0.1) is 5.92 Å². The van der Waals surface area contributed by atoms with Crippen molar-refractivity contribution in [2.45, 2.75) is 43.0 Å². The van der Waals surface area contributed by atoms with Gasteiger partial charge in [-0.1, -0.05) is 24.3 Å². The predicted molar refractivity (Wildman–Crippen MR) is 126 cm³/mol. The van der Waals surface area contributed by atoms with Gasteiger partial charge in [0.2, 0.25) is 21.5 Å². The Morgan fingerprint density at radius 1 is 1.03 bits per heavy atom. The molecule has 1 aliphatic carbocycles. The van der Waals surface area contributed by atoms with Crippen molar-refractivity contribution >= 4 is 26.8 Å². The molecule has 0 unspecified atom stereocenters. The van der Waals surface area contributed by atoms with E-state index in [0.29, 0.717) is 30.3 Å². The van der Waals surface area contributed by atoms with Gasteiger partial charge in [-0.25, -0.2) is 8.42 Å². The molecule has 2 N–H and O–H groups in total. The first-order valence-corrected chi connectivity index (χ1v) is 12.9. The van der Waals surface area contributed by atoms with Crippen molar-refractivity contribution in [2.24, 2.45) is 5.92 Å². The minimum atomic E-state index is -3.75. The molecular weight excluding hydrogens is 438 g/mol. The summed E-state index contributed by atoms with van der Waals surface area (Å²) in [6.45, 7) is 0.564. The van der Waals surface area contributed by atoms with Crippen molar-refractivity contribution in [2.75, 3.05) is 13.1 Å². The summed E-state index contributed by atoms with van der Waals surface area (Å²) in [5, 5.41) is 3.84. The van der Waals surface area contributed by atoms with Gasteiger partial charge in [-0.3, -0.25) is 9.59 Å². The zero-order valence-electron chi connectivity index (χ0n) is 18.3. The Labute approximate surface area is 192 Å². The monoisotopic (exact) mass is 465 g/mol. The number of H-pyrrole nitrogens is 1. The van der Waals surface area contributed by atoms with Gasteiger partial charge < -0.3 is 10.3 Å². The number of rotatable bonds is 4. The third kappa shape index (κ3) is 4.32. The van der Waals surface area contributed by atoms with Gasteiger partial charge in [-0.05, 0) is 72.9 Å². The molecule has 3 aromatic rings. The first-order chi connectivity index (χ1) is 15.9. The number of benzene rings is 2. The van der Waals surface area contributed by atoms with E-state index in [4.69, 9.17) is 0 Å². The van der Waals surface area contributed by atoms with Crippen LogP contribution in [0.5, 0.6) is 0 Å². The van der Waals surface area contributed by atoms with Crippen LogP contribution in [0.15, 0.2) is 64.3 Å². The molecule has 5 rings (SSSR count). The number of aromatic amines is 1. The van der Waals surface area contributed by atoms with E-state index in [2.05, 4.69) is 22.4 Å². The van der Waals surface area contributed by atoms with Gasteiger partial charge in [0.05, 0.1) is 16.9 Å². The van der Waals surface area contributed by atoms with Gasteiger partial charge >= 0.3 is 0 Å². The van der Waals surface area contributed by atoms with Crippen LogP contribution in [0.25, 0.3) is 10.9 Å². The number of amides is 1. The standard InChI is InChI=1S/C25H27N3O4S/c29-24-13-10-18-15-20(11-12-22(18)26-24)33(31,32)28-14-4-7-19(16-28)25(30)27-23-9-3-6-17-5-1-2-8-21(17)23/h1-2,5,8,10-13,15,19,23H,3-4,6-7,9,14,16H2,(H,26,29)(H,27,30)/t19-,23-/m1/s1. The van der Waals surface area contributed by atoms with Crippen LogP contribution in [0.2, 0.25) is 0 Å². The maximum atomic E-state index is 13.3. The number of aryl methyl sites for hydroxylation is 1. The zero-order chi connectivity index (χ0) is 23.0. The summed E-state index contributed by atoms with van der Waals surface area (Å²) in [7, 11) is -3.75. The lowest BCUT2D eigenvalue weighted by Crippen LogP contribution is -2.46. The van der Waals surface area contributed by atoms with E-state index in [0.717, 1.165) is 19.3 Å². The topological polar surface area (TPSA) is 99.3 Å². The Morgan fingerprint density at radius 3 is 2.76 bits per heavy atom. The zero-order valence-corrected chi connectivity index (χ0v) is 19.1. The van der Waals surface area contributed by atoms with Crippen LogP contribution in [-0.2, 0) is 21.2 Å². The Bertz CT molecular complexity index is 1370. The molecule has 172 valence electrons. The maximum Gasteiger partial charge on any atom is 0.248 e. The second-order valence-corrected chi connectivity index (χ2v) is 10.9. The highest BCUT2D eigenvalue weighted by molar-refractivity contribution is 7.89. The fraction of sp³-hybridized carbons (Fsp3) is 0.360. The van der Waals surface area contributed by atoms with E-state index >= 15 is 0 Å². The molecule has 1 aromatic heterocycles. The molecule has 33 heavy (non-hydrogen) atoms.